The molecule has 1 saturated heterocycles. The third kappa shape index (κ3) is 1.92. The SMILES string of the molecule is Cc1cscc1C(=O)N1CC(=O)NC(=O)C1(C)C. The van der Waals surface area contributed by atoms with Gasteiger partial charge >= 0.3 is 0 Å². The van der Waals surface area contributed by atoms with Gasteiger partial charge in [0, 0.05) is 5.38 Å². The highest BCUT2D eigenvalue weighted by atomic mass is 32.1. The number of carbonyl (C=O) groups excluding carboxylic acids is 3. The Balaban J connectivity index is 2.37. The Kier molecular flexibility index (Phi) is 2.98. The number of rotatable bonds is 1. The molecule has 5 nitrogen and oxygen atoms in total. The predicted octanol–water partition coefficient (Wildman–Crippen LogP) is 0.934. The second-order valence-electron chi connectivity index (χ2n) is 4.80. The molecule has 6 heteroatoms. The summed E-state index contributed by atoms with van der Waals surface area (Å²) in [7, 11) is 0. The Hall–Kier alpha value is -1.69. The Labute approximate surface area is 109 Å². The first kappa shape index (κ1) is 12.8. The Morgan fingerprint density at radius 3 is 2.61 bits per heavy atom. The third-order valence-corrected chi connectivity index (χ3v) is 3.98. The van der Waals surface area contributed by atoms with E-state index >= 15 is 0 Å². The zero-order valence-electron chi connectivity index (χ0n) is 10.4. The molecule has 96 valence electrons. The highest BCUT2D eigenvalue weighted by molar-refractivity contribution is 7.08. The van der Waals surface area contributed by atoms with Crippen molar-refractivity contribution in [2.45, 2.75) is 26.3 Å². The lowest BCUT2D eigenvalue weighted by Crippen LogP contribution is -2.65. The highest BCUT2D eigenvalue weighted by Crippen LogP contribution is 2.23. The van der Waals surface area contributed by atoms with E-state index in [4.69, 9.17) is 0 Å². The van der Waals surface area contributed by atoms with Crippen LogP contribution in [-0.4, -0.2) is 34.7 Å². The molecule has 1 N–H and O–H groups in total. The van der Waals surface area contributed by atoms with E-state index in [1.54, 1.807) is 19.2 Å². The Morgan fingerprint density at radius 2 is 2.06 bits per heavy atom. The summed E-state index contributed by atoms with van der Waals surface area (Å²) in [6.07, 6.45) is 0. The van der Waals surface area contributed by atoms with Gasteiger partial charge in [-0.1, -0.05) is 0 Å². The lowest BCUT2D eigenvalue weighted by atomic mass is 9.97. The van der Waals surface area contributed by atoms with Crippen molar-refractivity contribution >= 4 is 29.1 Å². The van der Waals surface area contributed by atoms with Crippen molar-refractivity contribution in [1.29, 1.82) is 0 Å². The minimum Gasteiger partial charge on any atom is -0.315 e. The molecule has 0 spiro atoms. The second-order valence-corrected chi connectivity index (χ2v) is 5.54. The summed E-state index contributed by atoms with van der Waals surface area (Å²) < 4.78 is 0. The van der Waals surface area contributed by atoms with E-state index in [9.17, 15) is 14.4 Å². The van der Waals surface area contributed by atoms with Crippen LogP contribution in [0.5, 0.6) is 0 Å². The van der Waals surface area contributed by atoms with Crippen LogP contribution < -0.4 is 5.32 Å². The third-order valence-electron chi connectivity index (χ3n) is 3.12. The quantitative estimate of drug-likeness (QED) is 0.769. The number of amides is 3. The molecular formula is C12H14N2O3S. The van der Waals surface area contributed by atoms with Gasteiger partial charge in [-0.3, -0.25) is 19.7 Å². The molecule has 1 aromatic rings. The molecule has 1 aliphatic rings. The molecule has 1 fully saturated rings. The second kappa shape index (κ2) is 4.20. The smallest absolute Gasteiger partial charge is 0.256 e. The summed E-state index contributed by atoms with van der Waals surface area (Å²) in [5.41, 5.74) is 0.397. The fraction of sp³-hybridized carbons (Fsp3) is 0.417. The van der Waals surface area contributed by atoms with Gasteiger partial charge in [-0.05, 0) is 31.7 Å². The van der Waals surface area contributed by atoms with Crippen molar-refractivity contribution in [3.05, 3.63) is 21.9 Å². The van der Waals surface area contributed by atoms with E-state index in [-0.39, 0.29) is 12.5 Å². The van der Waals surface area contributed by atoms with Crippen LogP contribution in [0.4, 0.5) is 0 Å². The molecule has 1 aliphatic heterocycles. The zero-order chi connectivity index (χ0) is 13.5. The number of hydrogen-bond donors (Lipinski definition) is 1. The molecular weight excluding hydrogens is 252 g/mol. The average molecular weight is 266 g/mol. The van der Waals surface area contributed by atoms with Gasteiger partial charge in [0.15, 0.2) is 0 Å². The van der Waals surface area contributed by atoms with Crippen LogP contribution in [0.1, 0.15) is 29.8 Å². The number of nitrogens with one attached hydrogen (secondary N) is 1. The molecule has 1 aromatic heterocycles. The number of piperazine rings is 1. The maximum atomic E-state index is 12.4. The van der Waals surface area contributed by atoms with Gasteiger partial charge in [0.25, 0.3) is 11.8 Å². The van der Waals surface area contributed by atoms with Gasteiger partial charge < -0.3 is 4.90 Å². The number of nitrogens with zero attached hydrogens (tertiary/aromatic N) is 1. The van der Waals surface area contributed by atoms with Crippen molar-refractivity contribution in [2.75, 3.05) is 6.54 Å². The topological polar surface area (TPSA) is 66.5 Å². The molecule has 0 aliphatic carbocycles. The minimum atomic E-state index is -1.01. The van der Waals surface area contributed by atoms with Crippen LogP contribution in [0.15, 0.2) is 10.8 Å². The molecule has 0 saturated carbocycles. The molecule has 0 aromatic carbocycles. The maximum Gasteiger partial charge on any atom is 0.256 e. The number of hydrogen-bond acceptors (Lipinski definition) is 4. The predicted molar refractivity (Wildman–Crippen MR) is 67.3 cm³/mol. The first-order chi connectivity index (χ1) is 8.34. The summed E-state index contributed by atoms with van der Waals surface area (Å²) in [4.78, 5) is 36.9. The zero-order valence-corrected chi connectivity index (χ0v) is 11.3. The van der Waals surface area contributed by atoms with E-state index in [0.717, 1.165) is 5.56 Å². The van der Waals surface area contributed by atoms with Gasteiger partial charge in [0.1, 0.15) is 12.1 Å². The van der Waals surface area contributed by atoms with E-state index in [1.807, 2.05) is 12.3 Å². The van der Waals surface area contributed by atoms with Gasteiger partial charge in [0.05, 0.1) is 5.56 Å². The van der Waals surface area contributed by atoms with E-state index in [0.29, 0.717) is 5.56 Å². The summed E-state index contributed by atoms with van der Waals surface area (Å²) in [5.74, 6) is -1.16. The van der Waals surface area contributed by atoms with Gasteiger partial charge in [-0.2, -0.15) is 11.3 Å². The monoisotopic (exact) mass is 266 g/mol. The normalized spacial score (nSPS) is 18.7. The van der Waals surface area contributed by atoms with Gasteiger partial charge in [-0.25, -0.2) is 0 Å². The van der Waals surface area contributed by atoms with E-state index in [1.165, 1.54) is 16.2 Å². The molecule has 0 bridgehead atoms. The Morgan fingerprint density at radius 1 is 1.39 bits per heavy atom. The number of aryl methyl sites for hydroxylation is 1. The molecule has 3 amide bonds. The lowest BCUT2D eigenvalue weighted by Gasteiger charge is -2.40. The van der Waals surface area contributed by atoms with Crippen molar-refractivity contribution in [2.24, 2.45) is 0 Å². The lowest BCUT2D eigenvalue weighted by molar-refractivity contribution is -0.143. The summed E-state index contributed by atoms with van der Waals surface area (Å²) in [6, 6.07) is 0. The standard InChI is InChI=1S/C12H14N2O3S/c1-7-5-18-6-8(7)10(16)14-4-9(15)13-11(17)12(14,2)3/h5-6H,4H2,1-3H3,(H,13,15,17). The fourth-order valence-corrected chi connectivity index (χ4v) is 2.66. The van der Waals surface area contributed by atoms with E-state index in [2.05, 4.69) is 5.32 Å². The van der Waals surface area contributed by atoms with Gasteiger partial charge in [0.2, 0.25) is 5.91 Å². The molecule has 0 radical (unpaired) electrons. The molecule has 2 heterocycles. The van der Waals surface area contributed by atoms with Crippen LogP contribution in [0.3, 0.4) is 0 Å². The number of thiophene rings is 1. The molecule has 2 rings (SSSR count). The van der Waals surface area contributed by atoms with Crippen molar-refractivity contribution in [3.63, 3.8) is 0 Å². The highest BCUT2D eigenvalue weighted by Gasteiger charge is 2.44. The Bertz CT molecular complexity index is 533. The number of carbonyl (C=O) groups is 3. The van der Waals surface area contributed by atoms with Gasteiger partial charge in [-0.15, -0.1) is 0 Å². The summed E-state index contributed by atoms with van der Waals surface area (Å²) in [6.45, 7) is 5.01. The van der Waals surface area contributed by atoms with Crippen LogP contribution in [0.25, 0.3) is 0 Å². The maximum absolute atomic E-state index is 12.4. The van der Waals surface area contributed by atoms with E-state index < -0.39 is 17.4 Å². The molecule has 18 heavy (non-hydrogen) atoms. The minimum absolute atomic E-state index is 0.0904. The van der Waals surface area contributed by atoms with Crippen LogP contribution in [-0.2, 0) is 9.59 Å². The first-order valence-corrected chi connectivity index (χ1v) is 6.47. The van der Waals surface area contributed by atoms with Crippen molar-refractivity contribution in [3.8, 4) is 0 Å². The fourth-order valence-electron chi connectivity index (χ4n) is 1.83. The van der Waals surface area contributed by atoms with Crippen LogP contribution in [0, 0.1) is 6.92 Å². The van der Waals surface area contributed by atoms with Crippen LogP contribution >= 0.6 is 11.3 Å². The largest absolute Gasteiger partial charge is 0.315 e. The summed E-state index contributed by atoms with van der Waals surface area (Å²) >= 11 is 1.43. The van der Waals surface area contributed by atoms with Crippen molar-refractivity contribution in [1.82, 2.24) is 10.2 Å². The molecule has 0 unspecified atom stereocenters. The van der Waals surface area contributed by atoms with Crippen molar-refractivity contribution < 1.29 is 14.4 Å². The first-order valence-electron chi connectivity index (χ1n) is 5.53. The number of imide groups is 1. The average Bonchev–Trinajstić information content (AvgIpc) is 2.69. The van der Waals surface area contributed by atoms with Crippen LogP contribution in [0.2, 0.25) is 0 Å². The summed E-state index contributed by atoms with van der Waals surface area (Å²) in [5, 5.41) is 5.85. The molecule has 0 atom stereocenters.